The van der Waals surface area contributed by atoms with Gasteiger partial charge in [0.15, 0.2) is 0 Å². The summed E-state index contributed by atoms with van der Waals surface area (Å²) < 4.78 is 0. The molecule has 0 unspecified atom stereocenters. The molecule has 0 aromatic heterocycles. The largest absolute Gasteiger partial charge is 0.299 e. The normalized spacial score (nSPS) is 74.6. The fourth-order valence-corrected chi connectivity index (χ4v) is 4.28. The van der Waals surface area contributed by atoms with Gasteiger partial charge in [-0.2, -0.15) is 0 Å². The second-order valence-corrected chi connectivity index (χ2v) is 5.29. The summed E-state index contributed by atoms with van der Waals surface area (Å²) in [6, 6.07) is 0. The van der Waals surface area contributed by atoms with Gasteiger partial charge in [-0.05, 0) is 36.0 Å². The molecule has 4 aliphatic rings. The maximum absolute atomic E-state index is 11.7. The highest BCUT2D eigenvalue weighted by atomic mass is 16.1. The van der Waals surface area contributed by atoms with Gasteiger partial charge in [-0.25, -0.2) is 0 Å². The van der Waals surface area contributed by atoms with Gasteiger partial charge in [0, 0.05) is 11.8 Å². The average molecular weight is 148 g/mol. The molecule has 0 spiro atoms. The molecule has 0 N–H and O–H groups in total. The Balaban J connectivity index is 1.95. The van der Waals surface area contributed by atoms with Crippen molar-refractivity contribution in [3.8, 4) is 0 Å². The van der Waals surface area contributed by atoms with Gasteiger partial charge in [0.25, 0.3) is 0 Å². The van der Waals surface area contributed by atoms with Gasteiger partial charge >= 0.3 is 0 Å². The maximum Gasteiger partial charge on any atom is 0.140 e. The highest BCUT2D eigenvalue weighted by Crippen LogP contribution is 2.81. The smallest absolute Gasteiger partial charge is 0.140 e. The molecule has 0 aromatic rings. The Morgan fingerprint density at radius 2 is 2.27 bits per heavy atom. The number of hydrogen-bond donors (Lipinski definition) is 0. The van der Waals surface area contributed by atoms with E-state index in [1.165, 1.54) is 12.8 Å². The molecule has 1 nitrogen and oxygen atoms in total. The molecule has 0 aromatic carbocycles. The lowest BCUT2D eigenvalue weighted by molar-refractivity contribution is -0.124. The highest BCUT2D eigenvalue weighted by Gasteiger charge is 2.80. The molecule has 4 rings (SSSR count). The van der Waals surface area contributed by atoms with Crippen molar-refractivity contribution in [1.82, 2.24) is 0 Å². The fraction of sp³-hybridized carbons (Fsp3) is 0.900. The van der Waals surface area contributed by atoms with E-state index in [0.717, 1.165) is 17.8 Å². The van der Waals surface area contributed by atoms with E-state index >= 15 is 0 Å². The average Bonchev–Trinajstić information content (AvgIpc) is 2.75. The lowest BCUT2D eigenvalue weighted by Gasteiger charge is -2.14. The van der Waals surface area contributed by atoms with E-state index in [1.54, 1.807) is 0 Å². The van der Waals surface area contributed by atoms with Crippen molar-refractivity contribution >= 4 is 5.78 Å². The van der Waals surface area contributed by atoms with Crippen molar-refractivity contribution < 1.29 is 4.79 Å². The van der Waals surface area contributed by atoms with Gasteiger partial charge in [-0.15, -0.1) is 0 Å². The summed E-state index contributed by atoms with van der Waals surface area (Å²) in [5.74, 6) is 4.30. The van der Waals surface area contributed by atoms with Crippen LogP contribution in [0.25, 0.3) is 0 Å². The van der Waals surface area contributed by atoms with Crippen LogP contribution in [0, 0.1) is 35.0 Å². The molecule has 4 saturated carbocycles. The molecule has 0 aliphatic heterocycles. The molecule has 1 heteroatoms. The number of carbonyl (C=O) groups excluding carboxylic acids is 1. The summed E-state index contributed by atoms with van der Waals surface area (Å²) in [6.07, 6.45) is 2.77. The molecular weight excluding hydrogens is 136 g/mol. The van der Waals surface area contributed by atoms with Crippen molar-refractivity contribution in [2.45, 2.75) is 19.8 Å². The summed E-state index contributed by atoms with van der Waals surface area (Å²) >= 11 is 0. The van der Waals surface area contributed by atoms with Gasteiger partial charge in [0.1, 0.15) is 5.78 Å². The third-order valence-electron chi connectivity index (χ3n) is 4.91. The Kier molecular flexibility index (Phi) is 0.535. The van der Waals surface area contributed by atoms with E-state index in [4.69, 9.17) is 0 Å². The van der Waals surface area contributed by atoms with Crippen LogP contribution < -0.4 is 0 Å². The minimum atomic E-state index is 0.513. The Bertz CT molecular complexity index is 283. The molecule has 0 saturated heterocycles. The van der Waals surface area contributed by atoms with Crippen molar-refractivity contribution in [3.05, 3.63) is 0 Å². The topological polar surface area (TPSA) is 17.1 Å². The van der Waals surface area contributed by atoms with Gasteiger partial charge in [-0.3, -0.25) is 4.79 Å². The van der Waals surface area contributed by atoms with Crippen LogP contribution in [0.15, 0.2) is 0 Å². The lowest BCUT2D eigenvalue weighted by Crippen LogP contribution is -2.18. The summed E-state index contributed by atoms with van der Waals surface area (Å²) in [6.45, 7) is 2.34. The van der Waals surface area contributed by atoms with E-state index in [2.05, 4.69) is 6.92 Å². The zero-order chi connectivity index (χ0) is 7.38. The number of Topliss-reactive ketones (excluding diaryl/α,β-unsaturated/α-hetero) is 1. The van der Waals surface area contributed by atoms with E-state index < -0.39 is 0 Å². The summed E-state index contributed by atoms with van der Waals surface area (Å²) in [5.41, 5.74) is 0.513. The first-order chi connectivity index (χ1) is 5.23. The number of fused-ring (bicyclic) bond motifs is 8. The highest BCUT2D eigenvalue weighted by molar-refractivity contribution is 5.93. The van der Waals surface area contributed by atoms with Gasteiger partial charge in [0.05, 0.1) is 0 Å². The number of carbonyl (C=O) groups is 1. The van der Waals surface area contributed by atoms with Crippen LogP contribution in [0.1, 0.15) is 19.8 Å². The molecular formula is C10H12O. The molecule has 0 radical (unpaired) electrons. The lowest BCUT2D eigenvalue weighted by atomic mass is 9.88. The van der Waals surface area contributed by atoms with Crippen LogP contribution in [0.2, 0.25) is 0 Å². The predicted octanol–water partition coefficient (Wildman–Crippen LogP) is 1.48. The first kappa shape index (κ1) is 5.34. The molecule has 6 atom stereocenters. The third-order valence-corrected chi connectivity index (χ3v) is 4.91. The van der Waals surface area contributed by atoms with Crippen molar-refractivity contribution in [1.29, 1.82) is 0 Å². The van der Waals surface area contributed by atoms with E-state index in [9.17, 15) is 4.79 Å². The SMILES string of the molecule is C[C@@]12C[C@@H]1[C@H]1C(=O)[C@@H]2[C@@H]2C[C@@H]21. The van der Waals surface area contributed by atoms with E-state index in [-0.39, 0.29) is 0 Å². The van der Waals surface area contributed by atoms with Gasteiger partial charge in [0.2, 0.25) is 0 Å². The van der Waals surface area contributed by atoms with Crippen LogP contribution in [0.5, 0.6) is 0 Å². The fourth-order valence-electron chi connectivity index (χ4n) is 4.28. The van der Waals surface area contributed by atoms with Crippen molar-refractivity contribution in [2.75, 3.05) is 0 Å². The predicted molar refractivity (Wildman–Crippen MR) is 39.8 cm³/mol. The second-order valence-electron chi connectivity index (χ2n) is 5.29. The van der Waals surface area contributed by atoms with Crippen molar-refractivity contribution in [2.24, 2.45) is 35.0 Å². The Morgan fingerprint density at radius 3 is 2.91 bits per heavy atom. The standard InChI is InChI=1S/C10H12O/c1-10-3-6(10)7-4-2-5(4)8(10)9(7)11/h4-8H,2-3H2,1H3/t4-,5+,6+,7-,8-,10+/m0/s1. The molecule has 4 fully saturated rings. The van der Waals surface area contributed by atoms with Crippen LogP contribution in [0.3, 0.4) is 0 Å². The summed E-state index contributed by atoms with van der Waals surface area (Å²) in [5, 5.41) is 0. The first-order valence-electron chi connectivity index (χ1n) is 4.77. The number of ketones is 1. The molecule has 58 valence electrons. The number of rotatable bonds is 0. The molecule has 0 heterocycles. The minimum absolute atomic E-state index is 0.513. The summed E-state index contributed by atoms with van der Waals surface area (Å²) in [4.78, 5) is 11.7. The maximum atomic E-state index is 11.7. The molecule has 4 aliphatic carbocycles. The molecule has 0 amide bonds. The zero-order valence-corrected chi connectivity index (χ0v) is 6.71. The third kappa shape index (κ3) is 0.344. The Labute approximate surface area is 66.2 Å². The minimum Gasteiger partial charge on any atom is -0.299 e. The van der Waals surface area contributed by atoms with Gasteiger partial charge in [-0.1, -0.05) is 6.92 Å². The Hall–Kier alpha value is -0.330. The van der Waals surface area contributed by atoms with Crippen LogP contribution in [-0.2, 0) is 4.79 Å². The summed E-state index contributed by atoms with van der Waals surface area (Å²) in [7, 11) is 0. The van der Waals surface area contributed by atoms with Gasteiger partial charge < -0.3 is 0 Å². The monoisotopic (exact) mass is 148 g/mol. The molecule has 2 bridgehead atoms. The van der Waals surface area contributed by atoms with Crippen LogP contribution in [0.4, 0.5) is 0 Å². The zero-order valence-electron chi connectivity index (χ0n) is 6.71. The molecule has 11 heavy (non-hydrogen) atoms. The van der Waals surface area contributed by atoms with E-state index in [1.807, 2.05) is 0 Å². The van der Waals surface area contributed by atoms with E-state index in [0.29, 0.717) is 23.0 Å². The quantitative estimate of drug-likeness (QED) is 0.508. The second kappa shape index (κ2) is 1.10. The Morgan fingerprint density at radius 1 is 1.45 bits per heavy atom. The number of hydrogen-bond acceptors (Lipinski definition) is 1. The van der Waals surface area contributed by atoms with Crippen LogP contribution in [-0.4, -0.2) is 5.78 Å². The first-order valence-corrected chi connectivity index (χ1v) is 4.77. The van der Waals surface area contributed by atoms with Crippen molar-refractivity contribution in [3.63, 3.8) is 0 Å². The van der Waals surface area contributed by atoms with Crippen LogP contribution >= 0.6 is 0 Å².